The Morgan fingerprint density at radius 3 is 1.33 bits per heavy atom. The molecule has 0 radical (unpaired) electrons. The van der Waals surface area contributed by atoms with Crippen molar-refractivity contribution in [3.63, 3.8) is 0 Å². The lowest BCUT2D eigenvalue weighted by Gasteiger charge is -2.44. The second kappa shape index (κ2) is 10.2. The fourth-order valence-electron chi connectivity index (χ4n) is 8.67. The van der Waals surface area contributed by atoms with Gasteiger partial charge < -0.3 is 18.6 Å². The molecule has 4 nitrogen and oxygen atoms in total. The number of para-hydroxylation sites is 6. The molecule has 0 N–H and O–H groups in total. The van der Waals surface area contributed by atoms with Crippen LogP contribution in [0.25, 0.3) is 43.9 Å². The summed E-state index contributed by atoms with van der Waals surface area (Å²) in [5.74, 6) is 0. The van der Waals surface area contributed by atoms with Crippen molar-refractivity contribution in [1.29, 1.82) is 0 Å². The Morgan fingerprint density at radius 2 is 0.843 bits per heavy atom. The average molecular weight is 657 g/mol. The SMILES string of the molecule is CC(C)(C)c1cc2c3c(c1)N(c1cccc4c1oc1ccccc14)c1ccccc1B3c1ccccc1N2c1cccc2c1oc1ccccc12. The van der Waals surface area contributed by atoms with Crippen molar-refractivity contribution in [2.24, 2.45) is 0 Å². The highest BCUT2D eigenvalue weighted by Gasteiger charge is 2.44. The maximum atomic E-state index is 6.72. The average Bonchev–Trinajstić information content (AvgIpc) is 3.73. The number of hydrogen-bond donors (Lipinski definition) is 0. The molecular formula is C46H33BN2O2. The smallest absolute Gasteiger partial charge is 0.252 e. The molecule has 4 heterocycles. The molecule has 0 amide bonds. The van der Waals surface area contributed by atoms with Crippen molar-refractivity contribution in [1.82, 2.24) is 0 Å². The third kappa shape index (κ3) is 3.92. The second-order valence-corrected chi connectivity index (χ2v) is 14.9. The molecule has 0 saturated carbocycles. The van der Waals surface area contributed by atoms with Crippen molar-refractivity contribution in [2.45, 2.75) is 26.2 Å². The summed E-state index contributed by atoms with van der Waals surface area (Å²) in [4.78, 5) is 4.91. The van der Waals surface area contributed by atoms with E-state index in [1.54, 1.807) is 0 Å². The Balaban J connectivity index is 1.27. The molecule has 0 unspecified atom stereocenters. The van der Waals surface area contributed by atoms with Gasteiger partial charge in [-0.15, -0.1) is 0 Å². The first-order valence-corrected chi connectivity index (χ1v) is 17.7. The molecular weight excluding hydrogens is 623 g/mol. The van der Waals surface area contributed by atoms with E-state index < -0.39 is 0 Å². The van der Waals surface area contributed by atoms with Gasteiger partial charge in [-0.3, -0.25) is 0 Å². The number of rotatable bonds is 2. The minimum absolute atomic E-state index is 0.0358. The molecule has 0 saturated heterocycles. The zero-order valence-electron chi connectivity index (χ0n) is 28.6. The molecule has 5 heteroatoms. The third-order valence-electron chi connectivity index (χ3n) is 11.0. The molecule has 0 fully saturated rings. The molecule has 0 spiro atoms. The van der Waals surface area contributed by atoms with Gasteiger partial charge in [-0.2, -0.15) is 0 Å². The molecule has 2 aliphatic rings. The zero-order valence-corrected chi connectivity index (χ0v) is 28.6. The van der Waals surface area contributed by atoms with Gasteiger partial charge in [0.1, 0.15) is 11.2 Å². The van der Waals surface area contributed by atoms with E-state index in [2.05, 4.69) is 164 Å². The van der Waals surface area contributed by atoms with Crippen LogP contribution in [0.3, 0.4) is 0 Å². The Morgan fingerprint density at radius 1 is 0.431 bits per heavy atom. The van der Waals surface area contributed by atoms with Crippen LogP contribution in [0.4, 0.5) is 34.1 Å². The van der Waals surface area contributed by atoms with Gasteiger partial charge in [-0.25, -0.2) is 0 Å². The first kappa shape index (κ1) is 28.6. The van der Waals surface area contributed by atoms with E-state index in [4.69, 9.17) is 8.83 Å². The van der Waals surface area contributed by atoms with E-state index in [1.807, 2.05) is 12.1 Å². The normalized spacial score (nSPS) is 13.7. The lowest BCUT2D eigenvalue weighted by molar-refractivity contribution is 0.590. The molecule has 51 heavy (non-hydrogen) atoms. The predicted octanol–water partition coefficient (Wildman–Crippen LogP) is 10.9. The number of nitrogens with zero attached hydrogens (tertiary/aromatic N) is 2. The van der Waals surface area contributed by atoms with Crippen LogP contribution in [-0.2, 0) is 5.41 Å². The Hall–Kier alpha value is -6.20. The van der Waals surface area contributed by atoms with Crippen molar-refractivity contribution in [3.8, 4) is 0 Å². The van der Waals surface area contributed by atoms with E-state index in [9.17, 15) is 0 Å². The fraction of sp³-hybridized carbons (Fsp3) is 0.0870. The Bertz CT molecular complexity index is 2710. The van der Waals surface area contributed by atoms with Crippen LogP contribution in [0.15, 0.2) is 154 Å². The number of benzene rings is 7. The summed E-state index contributed by atoms with van der Waals surface area (Å²) in [5, 5.41) is 4.49. The molecule has 2 aliphatic heterocycles. The predicted molar refractivity (Wildman–Crippen MR) is 214 cm³/mol. The zero-order chi connectivity index (χ0) is 34.0. The van der Waals surface area contributed by atoms with Crippen LogP contribution < -0.4 is 26.2 Å². The van der Waals surface area contributed by atoms with Gasteiger partial charge in [0.05, 0.1) is 11.4 Å². The van der Waals surface area contributed by atoms with Gasteiger partial charge in [0.25, 0.3) is 6.71 Å². The molecule has 11 rings (SSSR count). The summed E-state index contributed by atoms with van der Waals surface area (Å²) in [6, 6.07) is 52.5. The van der Waals surface area contributed by atoms with Crippen molar-refractivity contribution in [2.75, 3.05) is 9.80 Å². The minimum Gasteiger partial charge on any atom is -0.454 e. The summed E-state index contributed by atoms with van der Waals surface area (Å²) in [6.07, 6.45) is 0. The minimum atomic E-state index is -0.122. The standard InChI is InChI=1S/C46H33BN2O2/c1-46(2,3)28-26-39-43-40(27-28)49(38-23-13-17-32-30-15-5-11-25-42(30)51-45(32)38)36-21-9-7-19-34(36)47(43)33-18-6-8-20-35(33)48(39)37-22-12-16-31-29-14-4-10-24-41(29)50-44(31)37/h4-27H,1-3H3. The lowest BCUT2D eigenvalue weighted by atomic mass is 9.33. The maximum absolute atomic E-state index is 6.72. The quantitative estimate of drug-likeness (QED) is 0.173. The lowest BCUT2D eigenvalue weighted by Crippen LogP contribution is -2.61. The van der Waals surface area contributed by atoms with Gasteiger partial charge in [-0.1, -0.05) is 118 Å². The first-order valence-electron chi connectivity index (χ1n) is 17.7. The fourth-order valence-corrected chi connectivity index (χ4v) is 8.67. The Kier molecular flexibility index (Phi) is 5.71. The van der Waals surface area contributed by atoms with E-state index in [0.29, 0.717) is 0 Å². The second-order valence-electron chi connectivity index (χ2n) is 14.9. The van der Waals surface area contributed by atoms with Gasteiger partial charge in [0.15, 0.2) is 11.2 Å². The van der Waals surface area contributed by atoms with Crippen molar-refractivity contribution in [3.05, 3.63) is 151 Å². The Labute approximate surface area is 296 Å². The van der Waals surface area contributed by atoms with Crippen LogP contribution >= 0.6 is 0 Å². The molecule has 2 aromatic heterocycles. The monoisotopic (exact) mass is 656 g/mol. The third-order valence-corrected chi connectivity index (χ3v) is 11.0. The van der Waals surface area contributed by atoms with Crippen LogP contribution in [-0.4, -0.2) is 6.71 Å². The highest BCUT2D eigenvalue weighted by atomic mass is 16.3. The van der Waals surface area contributed by atoms with Crippen molar-refractivity contribution < 1.29 is 8.83 Å². The number of furan rings is 2. The molecule has 9 aromatic rings. The van der Waals surface area contributed by atoms with Gasteiger partial charge in [0.2, 0.25) is 0 Å². The van der Waals surface area contributed by atoms with Gasteiger partial charge in [0, 0.05) is 44.3 Å². The summed E-state index contributed by atoms with van der Waals surface area (Å²) in [7, 11) is 0. The van der Waals surface area contributed by atoms with E-state index in [1.165, 1.54) is 44.7 Å². The van der Waals surface area contributed by atoms with E-state index >= 15 is 0 Å². The molecule has 0 aliphatic carbocycles. The summed E-state index contributed by atoms with van der Waals surface area (Å²) < 4.78 is 13.4. The molecule has 0 atom stereocenters. The highest BCUT2D eigenvalue weighted by Crippen LogP contribution is 2.49. The van der Waals surface area contributed by atoms with Crippen LogP contribution in [0.2, 0.25) is 0 Å². The van der Waals surface area contributed by atoms with E-state index in [0.717, 1.165) is 55.3 Å². The number of fused-ring (bicyclic) bond motifs is 10. The van der Waals surface area contributed by atoms with Crippen LogP contribution in [0, 0.1) is 0 Å². The van der Waals surface area contributed by atoms with Crippen LogP contribution in [0.5, 0.6) is 0 Å². The summed E-state index contributed by atoms with van der Waals surface area (Å²) >= 11 is 0. The highest BCUT2D eigenvalue weighted by molar-refractivity contribution is 7.00. The van der Waals surface area contributed by atoms with E-state index in [-0.39, 0.29) is 12.1 Å². The van der Waals surface area contributed by atoms with Crippen LogP contribution in [0.1, 0.15) is 26.3 Å². The summed E-state index contributed by atoms with van der Waals surface area (Å²) in [6.45, 7) is 6.96. The number of anilines is 6. The van der Waals surface area contributed by atoms with Gasteiger partial charge >= 0.3 is 0 Å². The largest absolute Gasteiger partial charge is 0.454 e. The maximum Gasteiger partial charge on any atom is 0.252 e. The summed E-state index contributed by atoms with van der Waals surface area (Å²) in [5.41, 5.74) is 15.3. The topological polar surface area (TPSA) is 32.8 Å². The number of hydrogen-bond acceptors (Lipinski definition) is 4. The molecule has 242 valence electrons. The van der Waals surface area contributed by atoms with Gasteiger partial charge in [-0.05, 0) is 75.9 Å². The molecule has 0 bridgehead atoms. The van der Waals surface area contributed by atoms with Crippen molar-refractivity contribution >= 4 is 101 Å². The molecule has 7 aromatic carbocycles. The first-order chi connectivity index (χ1) is 25.0.